The summed E-state index contributed by atoms with van der Waals surface area (Å²) in [7, 11) is 0. The number of benzene rings is 12. The molecule has 0 saturated heterocycles. The van der Waals surface area contributed by atoms with Crippen LogP contribution < -0.4 is 4.90 Å². The zero-order chi connectivity index (χ0) is 45.5. The molecule has 2 nitrogen and oxygen atoms in total. The summed E-state index contributed by atoms with van der Waals surface area (Å²) in [4.78, 5) is 2.46. The maximum Gasteiger partial charge on any atom is 0.143 e. The molecular weight excluding hydrogens is 835 g/mol. The first-order valence-corrected chi connectivity index (χ1v) is 23.8. The smallest absolute Gasteiger partial charge is 0.143 e. The van der Waals surface area contributed by atoms with Crippen molar-refractivity contribution < 1.29 is 4.42 Å². The molecule has 0 amide bonds. The molecule has 0 radical (unpaired) electrons. The van der Waals surface area contributed by atoms with Gasteiger partial charge in [-0.15, -0.1) is 0 Å². The zero-order valence-electron chi connectivity index (χ0n) is 37.7. The molecule has 13 aromatic rings. The van der Waals surface area contributed by atoms with E-state index in [0.717, 1.165) is 60.9 Å². The Kier molecular flexibility index (Phi) is 8.84. The first kappa shape index (κ1) is 39.2. The van der Waals surface area contributed by atoms with Gasteiger partial charge in [-0.3, -0.25) is 0 Å². The van der Waals surface area contributed by atoms with Crippen molar-refractivity contribution in [3.05, 3.63) is 283 Å². The van der Waals surface area contributed by atoms with E-state index in [-0.39, 0.29) is 0 Å². The van der Waals surface area contributed by atoms with Crippen molar-refractivity contribution in [2.45, 2.75) is 5.41 Å². The van der Waals surface area contributed by atoms with E-state index in [9.17, 15) is 0 Å². The van der Waals surface area contributed by atoms with Gasteiger partial charge < -0.3 is 9.32 Å². The van der Waals surface area contributed by atoms with Crippen molar-refractivity contribution in [3.63, 3.8) is 0 Å². The van der Waals surface area contributed by atoms with E-state index in [1.807, 2.05) is 0 Å². The molecule has 0 spiro atoms. The van der Waals surface area contributed by atoms with Gasteiger partial charge in [-0.2, -0.15) is 0 Å². The summed E-state index contributed by atoms with van der Waals surface area (Å²) in [6.07, 6.45) is 0. The van der Waals surface area contributed by atoms with Crippen molar-refractivity contribution in [1.29, 1.82) is 0 Å². The van der Waals surface area contributed by atoms with Crippen LogP contribution in [0, 0.1) is 0 Å². The highest BCUT2D eigenvalue weighted by molar-refractivity contribution is 6.18. The molecule has 14 rings (SSSR count). The molecule has 322 valence electrons. The summed E-state index contributed by atoms with van der Waals surface area (Å²) in [5.41, 5.74) is 16.5. The molecule has 0 atom stereocenters. The average Bonchev–Trinajstić information content (AvgIpc) is 3.96. The fourth-order valence-corrected chi connectivity index (χ4v) is 11.7. The fourth-order valence-electron chi connectivity index (χ4n) is 11.7. The molecule has 1 aliphatic carbocycles. The van der Waals surface area contributed by atoms with Gasteiger partial charge in [-0.05, 0) is 114 Å². The minimum absolute atomic E-state index is 0.556. The van der Waals surface area contributed by atoms with Gasteiger partial charge in [0.05, 0.1) is 11.1 Å². The van der Waals surface area contributed by atoms with Crippen LogP contribution in [0.3, 0.4) is 0 Å². The van der Waals surface area contributed by atoms with Gasteiger partial charge in [0.2, 0.25) is 0 Å². The van der Waals surface area contributed by atoms with Crippen LogP contribution in [0.4, 0.5) is 17.1 Å². The Balaban J connectivity index is 1.02. The van der Waals surface area contributed by atoms with Crippen LogP contribution in [-0.2, 0) is 5.41 Å². The van der Waals surface area contributed by atoms with Crippen molar-refractivity contribution in [1.82, 2.24) is 0 Å². The third-order valence-corrected chi connectivity index (χ3v) is 14.7. The molecule has 12 aromatic carbocycles. The molecule has 2 heteroatoms. The normalized spacial score (nSPS) is 12.8. The van der Waals surface area contributed by atoms with Crippen LogP contribution in [0.1, 0.15) is 22.3 Å². The molecular formula is C67H43NO. The molecule has 1 heterocycles. The Morgan fingerprint density at radius 2 is 0.855 bits per heavy atom. The quantitative estimate of drug-likeness (QED) is 0.148. The molecule has 0 unspecified atom stereocenters. The molecule has 0 N–H and O–H groups in total. The molecule has 1 aliphatic rings. The van der Waals surface area contributed by atoms with E-state index in [0.29, 0.717) is 0 Å². The Morgan fingerprint density at radius 3 is 1.64 bits per heavy atom. The Morgan fingerprint density at radius 1 is 0.290 bits per heavy atom. The van der Waals surface area contributed by atoms with Gasteiger partial charge in [0.25, 0.3) is 0 Å². The number of furan rings is 1. The van der Waals surface area contributed by atoms with Gasteiger partial charge in [-0.1, -0.05) is 218 Å². The number of rotatable bonds is 7. The van der Waals surface area contributed by atoms with E-state index in [2.05, 4.69) is 266 Å². The monoisotopic (exact) mass is 877 g/mol. The van der Waals surface area contributed by atoms with E-state index in [1.54, 1.807) is 0 Å². The average molecular weight is 878 g/mol. The third-order valence-electron chi connectivity index (χ3n) is 14.7. The lowest BCUT2D eigenvalue weighted by atomic mass is 9.67. The van der Waals surface area contributed by atoms with Crippen LogP contribution in [-0.4, -0.2) is 0 Å². The summed E-state index contributed by atoms with van der Waals surface area (Å²) in [5.74, 6) is 0. The summed E-state index contributed by atoms with van der Waals surface area (Å²) < 4.78 is 7.03. The van der Waals surface area contributed by atoms with Crippen molar-refractivity contribution >= 4 is 71.3 Å². The predicted octanol–water partition coefficient (Wildman–Crippen LogP) is 18.2. The van der Waals surface area contributed by atoms with E-state index in [4.69, 9.17) is 4.42 Å². The summed E-state index contributed by atoms with van der Waals surface area (Å²) in [6, 6.07) is 95.6. The van der Waals surface area contributed by atoms with Crippen LogP contribution in [0.2, 0.25) is 0 Å². The Bertz CT molecular complexity index is 4090. The SMILES string of the molecule is c1ccc(C2(c3ccccc3)c3ccccc3-c3ccc(N(c4ccc(-c5cc6ccccc6c6ccccc56)cc4)c4ccccc4-c4cccc5c4oc4c6ccccc6ccc54)cc32)cc1. The number of nitrogens with zero attached hydrogens (tertiary/aromatic N) is 1. The van der Waals surface area contributed by atoms with E-state index in [1.165, 1.54) is 66.1 Å². The summed E-state index contributed by atoms with van der Waals surface area (Å²) in [6.45, 7) is 0. The topological polar surface area (TPSA) is 16.4 Å². The largest absolute Gasteiger partial charge is 0.455 e. The van der Waals surface area contributed by atoms with Crippen molar-refractivity contribution in [2.75, 3.05) is 4.90 Å². The standard InChI is InChI=1S/C67H43NO/c1-3-20-47(21-4-1)67(48-22-5-2-6-23-48)62-32-15-13-28-55(62)56-41-39-50(43-63(56)67)68(49-37-34-45(35-38-49)61-42-46-19-8-9-24-51(46)53-26-11-12-27-54(53)61)64-33-16-14-29-57(64)58-30-17-31-59-60-40-36-44-18-7-10-25-52(44)65(60)69-66(58)59/h1-43H. The van der Waals surface area contributed by atoms with Gasteiger partial charge in [-0.25, -0.2) is 0 Å². The molecule has 69 heavy (non-hydrogen) atoms. The highest BCUT2D eigenvalue weighted by Gasteiger charge is 2.46. The van der Waals surface area contributed by atoms with Gasteiger partial charge in [0.15, 0.2) is 0 Å². The third kappa shape index (κ3) is 5.92. The number of hydrogen-bond donors (Lipinski definition) is 0. The second-order valence-electron chi connectivity index (χ2n) is 18.3. The first-order valence-electron chi connectivity index (χ1n) is 23.8. The van der Waals surface area contributed by atoms with Crippen molar-refractivity contribution in [3.8, 4) is 33.4 Å². The van der Waals surface area contributed by atoms with Crippen molar-refractivity contribution in [2.24, 2.45) is 0 Å². The van der Waals surface area contributed by atoms with Gasteiger partial charge >= 0.3 is 0 Å². The van der Waals surface area contributed by atoms with E-state index < -0.39 is 5.41 Å². The van der Waals surface area contributed by atoms with Crippen LogP contribution in [0.15, 0.2) is 265 Å². The molecule has 0 bridgehead atoms. The van der Waals surface area contributed by atoms with Gasteiger partial charge in [0, 0.05) is 38.7 Å². The molecule has 0 fully saturated rings. The van der Waals surface area contributed by atoms with E-state index >= 15 is 0 Å². The number of para-hydroxylation sites is 2. The molecule has 0 saturated carbocycles. The fraction of sp³-hybridized carbons (Fsp3) is 0.0149. The van der Waals surface area contributed by atoms with Crippen LogP contribution >= 0.6 is 0 Å². The predicted molar refractivity (Wildman–Crippen MR) is 289 cm³/mol. The Labute approximate surface area is 400 Å². The highest BCUT2D eigenvalue weighted by atomic mass is 16.3. The van der Waals surface area contributed by atoms with Crippen LogP contribution in [0.5, 0.6) is 0 Å². The second kappa shape index (κ2) is 15.6. The lowest BCUT2D eigenvalue weighted by Gasteiger charge is -2.35. The molecule has 0 aliphatic heterocycles. The highest BCUT2D eigenvalue weighted by Crippen LogP contribution is 2.58. The minimum atomic E-state index is -0.556. The maximum absolute atomic E-state index is 7.03. The lowest BCUT2D eigenvalue weighted by Crippen LogP contribution is -2.28. The zero-order valence-corrected chi connectivity index (χ0v) is 37.7. The minimum Gasteiger partial charge on any atom is -0.455 e. The van der Waals surface area contributed by atoms with Gasteiger partial charge in [0.1, 0.15) is 11.2 Å². The Hall–Kier alpha value is -8.98. The van der Waals surface area contributed by atoms with Crippen LogP contribution in [0.25, 0.3) is 87.6 Å². The number of anilines is 3. The maximum atomic E-state index is 7.03. The lowest BCUT2D eigenvalue weighted by molar-refractivity contribution is 0.674. The summed E-state index contributed by atoms with van der Waals surface area (Å²) >= 11 is 0. The summed E-state index contributed by atoms with van der Waals surface area (Å²) in [5, 5.41) is 9.51. The second-order valence-corrected chi connectivity index (χ2v) is 18.3. The first-order chi connectivity index (χ1) is 34.2. The molecule has 1 aromatic heterocycles. The number of fused-ring (bicyclic) bond motifs is 11. The number of hydrogen-bond acceptors (Lipinski definition) is 2.